The SMILES string of the molecule is O=[N+]([O-])c1ccc(NC2CCCC3OCCC23)c2ncccc12. The molecule has 1 saturated carbocycles. The van der Waals surface area contributed by atoms with E-state index in [9.17, 15) is 10.1 Å². The third kappa shape index (κ3) is 2.53. The lowest BCUT2D eigenvalue weighted by atomic mass is 9.81. The summed E-state index contributed by atoms with van der Waals surface area (Å²) in [4.78, 5) is 15.2. The standard InChI is InChI=1S/C17H19N3O3/c21-20(22)15-7-6-14(17-12(15)3-2-9-18-17)19-13-4-1-5-16-11(13)8-10-23-16/h2-3,6-7,9,11,13,16,19H,1,4-5,8,10H2. The number of pyridine rings is 1. The number of hydrogen-bond acceptors (Lipinski definition) is 5. The summed E-state index contributed by atoms with van der Waals surface area (Å²) in [6.07, 6.45) is 6.52. The predicted molar refractivity (Wildman–Crippen MR) is 87.5 cm³/mol. The number of benzene rings is 1. The van der Waals surface area contributed by atoms with Crippen molar-refractivity contribution in [2.45, 2.75) is 37.8 Å². The van der Waals surface area contributed by atoms with Gasteiger partial charge in [0.1, 0.15) is 5.52 Å². The van der Waals surface area contributed by atoms with E-state index >= 15 is 0 Å². The highest BCUT2D eigenvalue weighted by Crippen LogP contribution is 2.37. The highest BCUT2D eigenvalue weighted by atomic mass is 16.6. The van der Waals surface area contributed by atoms with E-state index in [1.165, 1.54) is 0 Å². The molecule has 1 aliphatic carbocycles. The summed E-state index contributed by atoms with van der Waals surface area (Å²) in [7, 11) is 0. The summed E-state index contributed by atoms with van der Waals surface area (Å²) in [5.74, 6) is 0.526. The van der Waals surface area contributed by atoms with Gasteiger partial charge in [-0.3, -0.25) is 15.1 Å². The molecule has 2 heterocycles. The normalized spacial score (nSPS) is 26.9. The number of nitro groups is 1. The lowest BCUT2D eigenvalue weighted by molar-refractivity contribution is -0.383. The number of nitrogens with one attached hydrogen (secondary N) is 1. The topological polar surface area (TPSA) is 77.3 Å². The van der Waals surface area contributed by atoms with Crippen LogP contribution >= 0.6 is 0 Å². The van der Waals surface area contributed by atoms with Gasteiger partial charge >= 0.3 is 0 Å². The van der Waals surface area contributed by atoms with Crippen LogP contribution in [0.5, 0.6) is 0 Å². The van der Waals surface area contributed by atoms with Crippen LogP contribution in [0.3, 0.4) is 0 Å². The zero-order valence-corrected chi connectivity index (χ0v) is 12.8. The van der Waals surface area contributed by atoms with E-state index in [1.807, 2.05) is 0 Å². The summed E-state index contributed by atoms with van der Waals surface area (Å²) < 4.78 is 5.82. The van der Waals surface area contributed by atoms with Crippen molar-refractivity contribution in [3.05, 3.63) is 40.6 Å². The van der Waals surface area contributed by atoms with Gasteiger partial charge in [-0.05, 0) is 43.9 Å². The minimum absolute atomic E-state index is 0.101. The Hall–Kier alpha value is -2.21. The lowest BCUT2D eigenvalue weighted by Crippen LogP contribution is -2.38. The van der Waals surface area contributed by atoms with Gasteiger partial charge in [0.05, 0.1) is 22.1 Å². The summed E-state index contributed by atoms with van der Waals surface area (Å²) in [6, 6.07) is 7.20. The van der Waals surface area contributed by atoms with Crippen LogP contribution in [0.15, 0.2) is 30.5 Å². The van der Waals surface area contributed by atoms with E-state index < -0.39 is 0 Å². The molecule has 2 aromatic rings. The van der Waals surface area contributed by atoms with Gasteiger partial charge in [0, 0.05) is 30.8 Å². The van der Waals surface area contributed by atoms with Crippen LogP contribution in [-0.4, -0.2) is 28.7 Å². The van der Waals surface area contributed by atoms with Crippen LogP contribution in [0.2, 0.25) is 0 Å². The smallest absolute Gasteiger partial charge is 0.278 e. The molecular formula is C17H19N3O3. The minimum atomic E-state index is -0.352. The first-order valence-electron chi connectivity index (χ1n) is 8.14. The highest BCUT2D eigenvalue weighted by Gasteiger charge is 2.37. The van der Waals surface area contributed by atoms with Crippen molar-refractivity contribution < 1.29 is 9.66 Å². The molecule has 6 nitrogen and oxygen atoms in total. The fraction of sp³-hybridized carbons (Fsp3) is 0.471. The number of anilines is 1. The Bertz CT molecular complexity index is 749. The molecule has 120 valence electrons. The van der Waals surface area contributed by atoms with Crippen molar-refractivity contribution >= 4 is 22.3 Å². The number of fused-ring (bicyclic) bond motifs is 2. The molecule has 1 aliphatic heterocycles. The Balaban J connectivity index is 1.69. The number of aromatic nitrogens is 1. The first-order chi connectivity index (χ1) is 11.2. The predicted octanol–water partition coefficient (Wildman–Crippen LogP) is 3.51. The molecule has 23 heavy (non-hydrogen) atoms. The summed E-state index contributed by atoms with van der Waals surface area (Å²) >= 11 is 0. The maximum Gasteiger partial charge on any atom is 0.278 e. The van der Waals surface area contributed by atoms with Crippen LogP contribution in [0.25, 0.3) is 10.9 Å². The Morgan fingerprint density at radius 2 is 2.17 bits per heavy atom. The summed E-state index contributed by atoms with van der Waals surface area (Å²) in [6.45, 7) is 0.840. The molecule has 4 rings (SSSR count). The zero-order chi connectivity index (χ0) is 15.8. The van der Waals surface area contributed by atoms with Gasteiger partial charge in [-0.2, -0.15) is 0 Å². The number of hydrogen-bond donors (Lipinski definition) is 1. The molecule has 2 fully saturated rings. The molecule has 2 aliphatic rings. The Labute approximate surface area is 134 Å². The zero-order valence-electron chi connectivity index (χ0n) is 12.8. The number of nitrogens with zero attached hydrogens (tertiary/aromatic N) is 2. The molecule has 3 unspecified atom stereocenters. The molecule has 1 N–H and O–H groups in total. The van der Waals surface area contributed by atoms with Crippen LogP contribution in [0.4, 0.5) is 11.4 Å². The maximum absolute atomic E-state index is 11.2. The molecule has 0 amide bonds. The second kappa shape index (κ2) is 5.77. The lowest BCUT2D eigenvalue weighted by Gasteiger charge is -2.34. The second-order valence-corrected chi connectivity index (χ2v) is 6.33. The van der Waals surface area contributed by atoms with Gasteiger partial charge < -0.3 is 10.1 Å². The van der Waals surface area contributed by atoms with Crippen LogP contribution in [-0.2, 0) is 4.74 Å². The second-order valence-electron chi connectivity index (χ2n) is 6.33. The van der Waals surface area contributed by atoms with Crippen molar-refractivity contribution in [3.8, 4) is 0 Å². The van der Waals surface area contributed by atoms with E-state index in [2.05, 4.69) is 10.3 Å². The molecule has 0 radical (unpaired) electrons. The Morgan fingerprint density at radius 3 is 3.04 bits per heavy atom. The molecule has 1 aromatic carbocycles. The largest absolute Gasteiger partial charge is 0.380 e. The van der Waals surface area contributed by atoms with Crippen molar-refractivity contribution in [1.29, 1.82) is 0 Å². The Kier molecular flexibility index (Phi) is 3.61. The van der Waals surface area contributed by atoms with Gasteiger partial charge in [0.15, 0.2) is 0 Å². The summed E-state index contributed by atoms with van der Waals surface area (Å²) in [5, 5.41) is 15.4. The molecule has 1 aromatic heterocycles. The van der Waals surface area contributed by atoms with Crippen LogP contribution in [0, 0.1) is 16.0 Å². The third-order valence-electron chi connectivity index (χ3n) is 5.07. The van der Waals surface area contributed by atoms with Gasteiger partial charge in [-0.1, -0.05) is 0 Å². The van der Waals surface area contributed by atoms with Gasteiger partial charge in [-0.15, -0.1) is 0 Å². The van der Waals surface area contributed by atoms with E-state index in [4.69, 9.17) is 4.74 Å². The number of non-ortho nitro benzene ring substituents is 1. The fourth-order valence-electron chi connectivity index (χ4n) is 3.99. The van der Waals surface area contributed by atoms with Crippen LogP contribution < -0.4 is 5.32 Å². The average Bonchev–Trinajstić information content (AvgIpc) is 3.04. The van der Waals surface area contributed by atoms with E-state index in [-0.39, 0.29) is 10.6 Å². The van der Waals surface area contributed by atoms with E-state index in [1.54, 1.807) is 30.5 Å². The number of nitro benzene ring substituents is 1. The molecule has 6 heteroatoms. The molecule has 1 saturated heterocycles. The average molecular weight is 313 g/mol. The van der Waals surface area contributed by atoms with Crippen molar-refractivity contribution in [1.82, 2.24) is 4.98 Å². The first-order valence-corrected chi connectivity index (χ1v) is 8.14. The van der Waals surface area contributed by atoms with Crippen molar-refractivity contribution in [2.24, 2.45) is 5.92 Å². The van der Waals surface area contributed by atoms with E-state index in [0.29, 0.717) is 29.0 Å². The van der Waals surface area contributed by atoms with Gasteiger partial charge in [-0.25, -0.2) is 0 Å². The minimum Gasteiger partial charge on any atom is -0.380 e. The monoisotopic (exact) mass is 313 g/mol. The van der Waals surface area contributed by atoms with Gasteiger partial charge in [0.25, 0.3) is 5.69 Å². The molecular weight excluding hydrogens is 294 g/mol. The Morgan fingerprint density at radius 1 is 1.26 bits per heavy atom. The fourth-order valence-corrected chi connectivity index (χ4v) is 3.99. The van der Waals surface area contributed by atoms with Gasteiger partial charge in [0.2, 0.25) is 0 Å². The highest BCUT2D eigenvalue weighted by molar-refractivity contribution is 5.96. The first kappa shape index (κ1) is 14.4. The van der Waals surface area contributed by atoms with Crippen molar-refractivity contribution in [2.75, 3.05) is 11.9 Å². The summed E-state index contributed by atoms with van der Waals surface area (Å²) in [5.41, 5.74) is 1.65. The van der Waals surface area contributed by atoms with Crippen LogP contribution in [0.1, 0.15) is 25.7 Å². The molecule has 0 spiro atoms. The molecule has 3 atom stereocenters. The van der Waals surface area contributed by atoms with Crippen molar-refractivity contribution in [3.63, 3.8) is 0 Å². The third-order valence-corrected chi connectivity index (χ3v) is 5.07. The molecule has 0 bridgehead atoms. The quantitative estimate of drug-likeness (QED) is 0.693. The number of rotatable bonds is 3. The maximum atomic E-state index is 11.2. The van der Waals surface area contributed by atoms with E-state index in [0.717, 1.165) is 38.0 Å². The number of ether oxygens (including phenoxy) is 1.